The minimum absolute atomic E-state index is 0.162. The van der Waals surface area contributed by atoms with Gasteiger partial charge in [-0.1, -0.05) is 39.1 Å². The molecule has 0 spiro atoms. The van der Waals surface area contributed by atoms with Crippen LogP contribution < -0.4 is 0 Å². The summed E-state index contributed by atoms with van der Waals surface area (Å²) >= 11 is 0. The van der Waals surface area contributed by atoms with E-state index < -0.39 is 0 Å². The molecule has 0 nitrogen and oxygen atoms in total. The monoisotopic (exact) mass is 204 g/mol. The molecule has 0 amide bonds. The van der Waals surface area contributed by atoms with Gasteiger partial charge in [-0.2, -0.15) is 0 Å². The van der Waals surface area contributed by atoms with Gasteiger partial charge in [-0.3, -0.25) is 0 Å². The smallest absolute Gasteiger partial charge is 0.00931 e. The van der Waals surface area contributed by atoms with E-state index >= 15 is 0 Å². The molecule has 13 heavy (non-hydrogen) atoms. The molecule has 0 fully saturated rings. The third-order valence-electron chi connectivity index (χ3n) is 2.13. The van der Waals surface area contributed by atoms with Crippen molar-refractivity contribution in [3.05, 3.63) is 35.2 Å². The van der Waals surface area contributed by atoms with Crippen molar-refractivity contribution in [2.45, 2.75) is 19.5 Å². The maximum Gasteiger partial charge on any atom is 0.00931 e. The zero-order valence-electron chi connectivity index (χ0n) is 8.04. The van der Waals surface area contributed by atoms with Crippen LogP contribution in [0.5, 0.6) is 0 Å². The van der Waals surface area contributed by atoms with Gasteiger partial charge in [0.2, 0.25) is 0 Å². The van der Waals surface area contributed by atoms with Crippen LogP contribution >= 0.6 is 8.20 Å². The Bertz CT molecular complexity index is 377. The largest absolute Gasteiger partial charge is 0.0994 e. The highest BCUT2D eigenvalue weighted by molar-refractivity contribution is 7.47. The third-order valence-corrected chi connectivity index (χ3v) is 4.40. The van der Waals surface area contributed by atoms with Gasteiger partial charge in [0.15, 0.2) is 0 Å². The average Bonchev–Trinajstić information content (AvgIpc) is 2.58. The summed E-state index contributed by atoms with van der Waals surface area (Å²) in [6, 6.07) is 0. The highest BCUT2D eigenvalue weighted by Gasteiger charge is 2.11. The minimum atomic E-state index is -0.162. The number of hydrogen-bond acceptors (Lipinski definition) is 0. The molecular formula is C11H13PSi. The van der Waals surface area contributed by atoms with Crippen LogP contribution in [0.3, 0.4) is 0 Å². The van der Waals surface area contributed by atoms with Crippen molar-refractivity contribution in [3.63, 3.8) is 0 Å². The lowest BCUT2D eigenvalue weighted by Crippen LogP contribution is -1.97. The quantitative estimate of drug-likeness (QED) is 0.479. The summed E-state index contributed by atoms with van der Waals surface area (Å²) in [6.07, 6.45) is 10.1. The molecule has 2 heteroatoms. The normalized spacial score (nSPS) is 19.1. The summed E-state index contributed by atoms with van der Waals surface area (Å²) in [5, 5.41) is 3.06. The summed E-state index contributed by atoms with van der Waals surface area (Å²) in [5.74, 6) is 0. The van der Waals surface area contributed by atoms with Gasteiger partial charge >= 0.3 is 0 Å². The second kappa shape index (κ2) is 3.69. The van der Waals surface area contributed by atoms with Crippen molar-refractivity contribution in [1.29, 1.82) is 0 Å². The summed E-state index contributed by atoms with van der Waals surface area (Å²) in [4.78, 5) is 0. The van der Waals surface area contributed by atoms with Crippen LogP contribution in [0.25, 0.3) is 0 Å². The lowest BCUT2D eigenvalue weighted by molar-refractivity contribution is 1.72. The molecule has 1 heterocycles. The molecule has 0 atom stereocenters. The first-order valence-corrected chi connectivity index (χ1v) is 8.04. The zero-order valence-corrected chi connectivity index (χ0v) is 9.94. The SMILES string of the molecule is C[Si](C)=CCC1=PC2=CC=CC2=C1. The lowest BCUT2D eigenvalue weighted by Gasteiger charge is -1.91. The molecule has 0 aromatic carbocycles. The van der Waals surface area contributed by atoms with E-state index in [4.69, 9.17) is 0 Å². The first kappa shape index (κ1) is 9.05. The number of hydrogen-bond donors (Lipinski definition) is 0. The van der Waals surface area contributed by atoms with E-state index in [0.29, 0.717) is 0 Å². The van der Waals surface area contributed by atoms with Crippen LogP contribution in [0, 0.1) is 0 Å². The van der Waals surface area contributed by atoms with E-state index in [2.05, 4.69) is 43.1 Å². The van der Waals surface area contributed by atoms with Gasteiger partial charge in [-0.25, -0.2) is 0 Å². The van der Waals surface area contributed by atoms with Crippen LogP contribution in [-0.2, 0) is 0 Å². The maximum atomic E-state index is 2.48. The first-order valence-electron chi connectivity index (χ1n) is 4.57. The summed E-state index contributed by atoms with van der Waals surface area (Å²) < 4.78 is 0. The fourth-order valence-electron chi connectivity index (χ4n) is 1.43. The van der Waals surface area contributed by atoms with E-state index in [1.807, 2.05) is 0 Å². The van der Waals surface area contributed by atoms with Crippen LogP contribution in [0.4, 0.5) is 0 Å². The first-order chi connectivity index (χ1) is 6.25. The van der Waals surface area contributed by atoms with Crippen molar-refractivity contribution in [1.82, 2.24) is 0 Å². The van der Waals surface area contributed by atoms with E-state index in [1.54, 1.807) is 5.29 Å². The lowest BCUT2D eigenvalue weighted by atomic mass is 10.2. The van der Waals surface area contributed by atoms with Gasteiger partial charge in [0.1, 0.15) is 0 Å². The van der Waals surface area contributed by atoms with Gasteiger partial charge in [-0.05, 0) is 37.8 Å². The van der Waals surface area contributed by atoms with Crippen molar-refractivity contribution in [3.8, 4) is 0 Å². The molecule has 66 valence electrons. The van der Waals surface area contributed by atoms with Gasteiger partial charge < -0.3 is 0 Å². The Hall–Kier alpha value is -0.523. The van der Waals surface area contributed by atoms with Crippen molar-refractivity contribution >= 4 is 27.6 Å². The molecule has 0 radical (unpaired) electrons. The van der Waals surface area contributed by atoms with E-state index in [0.717, 1.165) is 0 Å². The van der Waals surface area contributed by atoms with Crippen molar-refractivity contribution < 1.29 is 0 Å². The Balaban J connectivity index is 2.10. The fraction of sp³-hybridized carbons (Fsp3) is 0.273. The third kappa shape index (κ3) is 2.04. The molecule has 0 aromatic heterocycles. The number of fused-ring (bicyclic) bond motifs is 1. The average molecular weight is 204 g/mol. The summed E-state index contributed by atoms with van der Waals surface area (Å²) in [5.41, 5.74) is 3.92. The molecule has 1 aliphatic carbocycles. The Morgan fingerprint density at radius 2 is 2.31 bits per heavy atom. The Labute approximate surface area is 82.7 Å². The van der Waals surface area contributed by atoms with Crippen LogP contribution in [-0.4, -0.2) is 19.4 Å². The van der Waals surface area contributed by atoms with Crippen LogP contribution in [0.15, 0.2) is 35.2 Å². The molecule has 0 N–H and O–H groups in total. The molecular weight excluding hydrogens is 191 g/mol. The highest BCUT2D eigenvalue weighted by atomic mass is 31.1. The highest BCUT2D eigenvalue weighted by Crippen LogP contribution is 2.35. The molecule has 0 aromatic rings. The molecule has 0 unspecified atom stereocenters. The predicted octanol–water partition coefficient (Wildman–Crippen LogP) is 3.03. The Kier molecular flexibility index (Phi) is 2.57. The van der Waals surface area contributed by atoms with Crippen molar-refractivity contribution in [2.75, 3.05) is 0 Å². The second-order valence-corrected chi connectivity index (χ2v) is 7.44. The zero-order chi connectivity index (χ0) is 9.26. The maximum absolute atomic E-state index is 2.48. The van der Waals surface area contributed by atoms with Gasteiger partial charge in [0.05, 0.1) is 0 Å². The van der Waals surface area contributed by atoms with Gasteiger partial charge in [-0.15, -0.1) is 0 Å². The molecule has 0 bridgehead atoms. The van der Waals surface area contributed by atoms with E-state index in [9.17, 15) is 0 Å². The molecule has 1 aliphatic heterocycles. The Morgan fingerprint density at radius 1 is 1.46 bits per heavy atom. The molecule has 0 saturated carbocycles. The Morgan fingerprint density at radius 3 is 3.00 bits per heavy atom. The molecule has 2 aliphatic rings. The molecule has 2 rings (SSSR count). The van der Waals surface area contributed by atoms with Gasteiger partial charge in [0, 0.05) is 5.31 Å². The van der Waals surface area contributed by atoms with Crippen LogP contribution in [0.2, 0.25) is 13.1 Å². The van der Waals surface area contributed by atoms with E-state index in [1.165, 1.54) is 25.5 Å². The standard InChI is InChI=1S/C11H13PSi/c1-13(2)7-6-10-8-9-4-3-5-11(9)12-10/h3-5,7-8H,6H2,1-2H3. The fourth-order valence-corrected chi connectivity index (χ4v) is 3.35. The summed E-state index contributed by atoms with van der Waals surface area (Å²) in [6.45, 7) is 4.68. The number of rotatable bonds is 2. The van der Waals surface area contributed by atoms with Crippen LogP contribution in [0.1, 0.15) is 6.42 Å². The second-order valence-electron chi connectivity index (χ2n) is 3.60. The predicted molar refractivity (Wildman–Crippen MR) is 65.4 cm³/mol. The molecule has 0 saturated heterocycles. The number of allylic oxidation sites excluding steroid dienone is 6. The summed E-state index contributed by atoms with van der Waals surface area (Å²) in [7, 11) is 1.27. The van der Waals surface area contributed by atoms with Gasteiger partial charge in [0.25, 0.3) is 0 Å². The van der Waals surface area contributed by atoms with E-state index in [-0.39, 0.29) is 8.41 Å². The van der Waals surface area contributed by atoms with Crippen molar-refractivity contribution in [2.24, 2.45) is 0 Å². The minimum Gasteiger partial charge on any atom is -0.0994 e. The topological polar surface area (TPSA) is 0 Å².